The Kier molecular flexibility index (Phi) is 3.53. The zero-order chi connectivity index (χ0) is 16.1. The summed E-state index contributed by atoms with van der Waals surface area (Å²) in [6.07, 6.45) is 0. The van der Waals surface area contributed by atoms with Crippen LogP contribution in [-0.4, -0.2) is 84.1 Å². The van der Waals surface area contributed by atoms with Crippen molar-refractivity contribution in [3.63, 3.8) is 0 Å². The van der Waals surface area contributed by atoms with Gasteiger partial charge in [0.05, 0.1) is 23.9 Å². The Balaban J connectivity index is 2.08. The lowest BCUT2D eigenvalue weighted by Crippen LogP contribution is -2.68. The van der Waals surface area contributed by atoms with Crippen molar-refractivity contribution in [2.75, 3.05) is 40.0 Å². The molecule has 0 aromatic heterocycles. The lowest BCUT2D eigenvalue weighted by atomic mass is 10.7. The van der Waals surface area contributed by atoms with Crippen LogP contribution in [0.25, 0.3) is 0 Å². The molecule has 4 unspecified atom stereocenters. The molecule has 124 valence electrons. The summed E-state index contributed by atoms with van der Waals surface area (Å²) < 4.78 is 53.2. The minimum Gasteiger partial charge on any atom is -0.230 e. The summed E-state index contributed by atoms with van der Waals surface area (Å²) in [5.41, 5.74) is 0. The molecule has 3 aliphatic heterocycles. The van der Waals surface area contributed by atoms with E-state index in [0.29, 0.717) is 0 Å². The topological polar surface area (TPSA) is 147 Å². The molecule has 0 aromatic carbocycles. The molecule has 3 saturated heterocycles. The molecular formula is C6H12N8O6S2. The third-order valence-electron chi connectivity index (χ3n) is 3.45. The van der Waals surface area contributed by atoms with Crippen LogP contribution in [0.1, 0.15) is 0 Å². The van der Waals surface area contributed by atoms with Gasteiger partial charge in [0.2, 0.25) is 0 Å². The highest BCUT2D eigenvalue weighted by molar-refractivity contribution is 7.88. The second-order valence-electron chi connectivity index (χ2n) is 4.85. The standard InChI is InChI=1S/C6H12N8O6S2/c15-7-9-1-11-5-12(2-9)22(19,20)14-4-10(8-16)3-13(6-14)21(11,17)18/h1-6H2. The van der Waals surface area contributed by atoms with E-state index in [1.165, 1.54) is 0 Å². The first-order chi connectivity index (χ1) is 10.3. The van der Waals surface area contributed by atoms with Crippen LogP contribution in [0.4, 0.5) is 0 Å². The lowest BCUT2D eigenvalue weighted by molar-refractivity contribution is 0.0120. The molecule has 0 amide bonds. The molecule has 3 rings (SSSR count). The molecule has 0 aliphatic carbocycles. The van der Waals surface area contributed by atoms with Crippen molar-refractivity contribution in [1.82, 2.24) is 27.2 Å². The van der Waals surface area contributed by atoms with E-state index in [2.05, 4.69) is 10.6 Å². The first-order valence-corrected chi connectivity index (χ1v) is 8.75. The van der Waals surface area contributed by atoms with Gasteiger partial charge in [-0.25, -0.2) is 10.0 Å². The predicted octanol–water partition coefficient (Wildman–Crippen LogP) is -2.56. The Bertz CT molecular complexity index is 598. The van der Waals surface area contributed by atoms with Gasteiger partial charge >= 0.3 is 0 Å². The lowest BCUT2D eigenvalue weighted by Gasteiger charge is -2.47. The van der Waals surface area contributed by atoms with Crippen LogP contribution in [0.2, 0.25) is 0 Å². The maximum absolute atomic E-state index is 12.5. The Morgan fingerprint density at radius 3 is 1.05 bits per heavy atom. The van der Waals surface area contributed by atoms with E-state index in [9.17, 15) is 26.6 Å². The molecule has 0 spiro atoms. The summed E-state index contributed by atoms with van der Waals surface area (Å²) in [6.45, 7) is -2.35. The molecule has 3 aliphatic rings. The van der Waals surface area contributed by atoms with Crippen LogP contribution in [0.3, 0.4) is 0 Å². The maximum atomic E-state index is 12.5. The Hall–Kier alpha value is -1.46. The van der Waals surface area contributed by atoms with E-state index in [-0.39, 0.29) is 26.7 Å². The van der Waals surface area contributed by atoms with Crippen molar-refractivity contribution >= 4 is 20.4 Å². The quantitative estimate of drug-likeness (QED) is 0.491. The van der Waals surface area contributed by atoms with E-state index in [0.717, 1.165) is 27.2 Å². The van der Waals surface area contributed by atoms with Gasteiger partial charge in [-0.05, 0) is 0 Å². The van der Waals surface area contributed by atoms with E-state index in [1.807, 2.05) is 0 Å². The number of rotatable bonds is 2. The third kappa shape index (κ3) is 2.23. The summed E-state index contributed by atoms with van der Waals surface area (Å²) in [5, 5.41) is 6.78. The second kappa shape index (κ2) is 5.03. The van der Waals surface area contributed by atoms with Crippen LogP contribution in [0, 0.1) is 9.81 Å². The average Bonchev–Trinajstić information content (AvgIpc) is 2.53. The fourth-order valence-electron chi connectivity index (χ4n) is 2.36. The highest BCUT2D eigenvalue weighted by Crippen LogP contribution is 2.26. The van der Waals surface area contributed by atoms with Crippen molar-refractivity contribution in [2.24, 2.45) is 10.6 Å². The van der Waals surface area contributed by atoms with E-state index < -0.39 is 33.8 Å². The Labute approximate surface area is 125 Å². The van der Waals surface area contributed by atoms with Crippen molar-refractivity contribution in [3.8, 4) is 0 Å². The molecule has 0 saturated carbocycles. The summed E-state index contributed by atoms with van der Waals surface area (Å²) in [4.78, 5) is 21.4. The number of nitrogens with zero attached hydrogens (tertiary/aromatic N) is 8. The SMILES string of the molecule is O=NN1CN2CN(C1)S(=O)(=O)N1CN(N=O)CN(C1)S2(=O)=O. The van der Waals surface area contributed by atoms with Crippen LogP contribution in [0.15, 0.2) is 10.6 Å². The third-order valence-corrected chi connectivity index (χ3v) is 6.99. The molecule has 0 aromatic rings. The van der Waals surface area contributed by atoms with Gasteiger partial charge in [-0.2, -0.15) is 34.1 Å². The number of fused-ring (bicyclic) bond motifs is 4. The molecule has 4 atom stereocenters. The predicted molar refractivity (Wildman–Crippen MR) is 69.7 cm³/mol. The molecular weight excluding hydrogens is 344 g/mol. The van der Waals surface area contributed by atoms with Gasteiger partial charge in [0, 0.05) is 0 Å². The molecule has 14 nitrogen and oxygen atoms in total. The van der Waals surface area contributed by atoms with Crippen LogP contribution in [-0.2, 0) is 20.4 Å². The average molecular weight is 356 g/mol. The van der Waals surface area contributed by atoms with Crippen LogP contribution in [0.5, 0.6) is 0 Å². The van der Waals surface area contributed by atoms with E-state index >= 15 is 0 Å². The van der Waals surface area contributed by atoms with Gasteiger partial charge in [-0.1, -0.05) is 0 Å². The van der Waals surface area contributed by atoms with Crippen molar-refractivity contribution in [3.05, 3.63) is 9.81 Å². The number of hydrogen-bond acceptors (Lipinski definition) is 8. The van der Waals surface area contributed by atoms with Gasteiger partial charge in [0.25, 0.3) is 20.4 Å². The summed E-state index contributed by atoms with van der Waals surface area (Å²) in [7, 11) is -8.17. The van der Waals surface area contributed by atoms with Crippen LogP contribution < -0.4 is 0 Å². The largest absolute Gasteiger partial charge is 0.287 e. The normalized spacial score (nSPS) is 39.5. The fourth-order valence-corrected chi connectivity index (χ4v) is 5.42. The maximum Gasteiger partial charge on any atom is 0.287 e. The fraction of sp³-hybridized carbons (Fsp3) is 1.00. The van der Waals surface area contributed by atoms with E-state index in [4.69, 9.17) is 0 Å². The van der Waals surface area contributed by atoms with Gasteiger partial charge < -0.3 is 0 Å². The minimum atomic E-state index is -4.09. The van der Waals surface area contributed by atoms with Crippen molar-refractivity contribution in [2.45, 2.75) is 0 Å². The van der Waals surface area contributed by atoms with E-state index in [1.54, 1.807) is 0 Å². The van der Waals surface area contributed by atoms with Crippen LogP contribution >= 0.6 is 0 Å². The molecule has 0 N–H and O–H groups in total. The second-order valence-corrected chi connectivity index (χ2v) is 8.70. The number of nitroso groups, excluding NO2 is 2. The Morgan fingerprint density at radius 1 is 0.545 bits per heavy atom. The first kappa shape index (κ1) is 15.4. The highest BCUT2D eigenvalue weighted by atomic mass is 32.2. The molecule has 16 heteroatoms. The first-order valence-electron chi connectivity index (χ1n) is 5.96. The molecule has 3 heterocycles. The molecule has 3 fully saturated rings. The van der Waals surface area contributed by atoms with Gasteiger partial charge in [0.15, 0.2) is 0 Å². The molecule has 0 radical (unpaired) electrons. The molecule has 4 bridgehead atoms. The summed E-state index contributed by atoms with van der Waals surface area (Å²) in [6, 6.07) is 0. The smallest absolute Gasteiger partial charge is 0.230 e. The minimum absolute atomic E-state index is 0.372. The van der Waals surface area contributed by atoms with Gasteiger partial charge in [-0.15, -0.1) is 9.81 Å². The summed E-state index contributed by atoms with van der Waals surface area (Å²) >= 11 is 0. The van der Waals surface area contributed by atoms with Crippen molar-refractivity contribution in [1.29, 1.82) is 0 Å². The van der Waals surface area contributed by atoms with Gasteiger partial charge in [0.1, 0.15) is 26.7 Å². The Morgan fingerprint density at radius 2 is 0.818 bits per heavy atom. The monoisotopic (exact) mass is 356 g/mol. The zero-order valence-electron chi connectivity index (χ0n) is 11.1. The van der Waals surface area contributed by atoms with Crippen molar-refractivity contribution < 1.29 is 16.8 Å². The number of hydrogen-bond donors (Lipinski definition) is 0. The van der Waals surface area contributed by atoms with Gasteiger partial charge in [-0.3, -0.25) is 0 Å². The summed E-state index contributed by atoms with van der Waals surface area (Å²) in [5.74, 6) is 0. The zero-order valence-corrected chi connectivity index (χ0v) is 12.7. The molecule has 22 heavy (non-hydrogen) atoms. The highest BCUT2D eigenvalue weighted by Gasteiger charge is 2.48.